The van der Waals surface area contributed by atoms with Crippen molar-refractivity contribution < 1.29 is 12.8 Å². The Morgan fingerprint density at radius 3 is 2.42 bits per heavy atom. The fourth-order valence-electron chi connectivity index (χ4n) is 2.18. The summed E-state index contributed by atoms with van der Waals surface area (Å²) in [5.74, 6) is 0.375. The fraction of sp³-hybridized carbons (Fsp3) is 0.611. The molecule has 2 N–H and O–H groups in total. The van der Waals surface area contributed by atoms with Gasteiger partial charge >= 0.3 is 0 Å². The minimum Gasteiger partial charge on any atom is -0.357 e. The minimum atomic E-state index is -3.18. The summed E-state index contributed by atoms with van der Waals surface area (Å²) >= 11 is 0. The van der Waals surface area contributed by atoms with Crippen molar-refractivity contribution in [1.82, 2.24) is 10.6 Å². The maximum atomic E-state index is 13.1. The second-order valence-electron chi connectivity index (χ2n) is 6.94. The van der Waals surface area contributed by atoms with Gasteiger partial charge in [-0.25, -0.2) is 12.8 Å². The van der Waals surface area contributed by atoms with Crippen LogP contribution in [0.25, 0.3) is 0 Å². The molecule has 0 aromatic heterocycles. The highest BCUT2D eigenvalue weighted by Gasteiger charge is 2.28. The van der Waals surface area contributed by atoms with E-state index >= 15 is 0 Å². The Balaban J connectivity index is 0.00000625. The Labute approximate surface area is 174 Å². The zero-order valence-electron chi connectivity index (χ0n) is 16.2. The molecule has 0 fully saturated rings. The first-order chi connectivity index (χ1) is 11.6. The minimum absolute atomic E-state index is 0. The lowest BCUT2D eigenvalue weighted by Gasteiger charge is -2.18. The summed E-state index contributed by atoms with van der Waals surface area (Å²) in [6, 6.07) is 4.76. The highest BCUT2D eigenvalue weighted by atomic mass is 127. The molecule has 0 saturated heterocycles. The van der Waals surface area contributed by atoms with Crippen LogP contribution >= 0.6 is 24.0 Å². The molecule has 150 valence electrons. The predicted octanol–water partition coefficient (Wildman–Crippen LogP) is 3.06. The van der Waals surface area contributed by atoms with Crippen LogP contribution < -0.4 is 10.6 Å². The number of rotatable bonds is 7. The number of aryl methyl sites for hydroxylation is 1. The molecule has 1 aromatic carbocycles. The maximum absolute atomic E-state index is 13.1. The van der Waals surface area contributed by atoms with Gasteiger partial charge in [-0.05, 0) is 64.3 Å². The largest absolute Gasteiger partial charge is 0.357 e. The van der Waals surface area contributed by atoms with E-state index in [0.29, 0.717) is 19.0 Å². The Bertz CT molecular complexity index is 701. The van der Waals surface area contributed by atoms with E-state index < -0.39 is 14.6 Å². The Kier molecular flexibility index (Phi) is 10.7. The van der Waals surface area contributed by atoms with E-state index in [1.807, 2.05) is 13.8 Å². The van der Waals surface area contributed by atoms with Crippen molar-refractivity contribution in [3.63, 3.8) is 0 Å². The van der Waals surface area contributed by atoms with Gasteiger partial charge in [0.1, 0.15) is 5.82 Å². The standard InChI is InChI=1S/C18H30FN3O2S.HI/c1-6-20-17(22-11-12-25(23,24)18(3,4)5)21-10-9-15-7-8-16(19)13-14(15)2;/h7-8,13H,6,9-12H2,1-5H3,(H2,20,21,22);1H. The van der Waals surface area contributed by atoms with Crippen molar-refractivity contribution in [3.05, 3.63) is 35.1 Å². The van der Waals surface area contributed by atoms with Gasteiger partial charge in [0, 0.05) is 13.1 Å². The zero-order valence-corrected chi connectivity index (χ0v) is 19.4. The monoisotopic (exact) mass is 499 g/mol. The van der Waals surface area contributed by atoms with Gasteiger partial charge in [-0.1, -0.05) is 6.07 Å². The van der Waals surface area contributed by atoms with E-state index in [9.17, 15) is 12.8 Å². The van der Waals surface area contributed by atoms with Crippen molar-refractivity contribution in [2.24, 2.45) is 4.99 Å². The molecule has 0 bridgehead atoms. The smallest absolute Gasteiger partial charge is 0.191 e. The predicted molar refractivity (Wildman–Crippen MR) is 118 cm³/mol. The molecule has 5 nitrogen and oxygen atoms in total. The molecule has 0 amide bonds. The number of sulfone groups is 1. The van der Waals surface area contributed by atoms with Crippen LogP contribution in [-0.2, 0) is 16.3 Å². The third kappa shape index (κ3) is 8.20. The number of hydrogen-bond donors (Lipinski definition) is 2. The number of nitrogens with one attached hydrogen (secondary N) is 2. The Hall–Kier alpha value is -0.900. The molecule has 0 spiro atoms. The first-order valence-corrected chi connectivity index (χ1v) is 10.2. The molecular weight excluding hydrogens is 468 g/mol. The lowest BCUT2D eigenvalue weighted by molar-refractivity contribution is 0.560. The molecule has 0 saturated carbocycles. The van der Waals surface area contributed by atoms with E-state index in [4.69, 9.17) is 0 Å². The number of nitrogens with zero attached hydrogens (tertiary/aromatic N) is 1. The second-order valence-corrected chi connectivity index (χ2v) is 9.80. The van der Waals surface area contributed by atoms with Crippen molar-refractivity contribution in [3.8, 4) is 0 Å². The molecule has 26 heavy (non-hydrogen) atoms. The van der Waals surface area contributed by atoms with Gasteiger partial charge in [0.15, 0.2) is 15.8 Å². The van der Waals surface area contributed by atoms with Gasteiger partial charge in [0.05, 0.1) is 17.0 Å². The summed E-state index contributed by atoms with van der Waals surface area (Å²) < 4.78 is 36.6. The Morgan fingerprint density at radius 2 is 1.88 bits per heavy atom. The van der Waals surface area contributed by atoms with E-state index in [-0.39, 0.29) is 42.1 Å². The van der Waals surface area contributed by atoms with Crippen molar-refractivity contribution in [2.45, 2.75) is 45.8 Å². The van der Waals surface area contributed by atoms with Crippen LogP contribution in [0.5, 0.6) is 0 Å². The van der Waals surface area contributed by atoms with E-state index in [0.717, 1.165) is 17.5 Å². The first kappa shape index (κ1) is 25.1. The van der Waals surface area contributed by atoms with Crippen LogP contribution in [0.4, 0.5) is 4.39 Å². The Morgan fingerprint density at radius 1 is 1.23 bits per heavy atom. The van der Waals surface area contributed by atoms with Crippen LogP contribution in [0.3, 0.4) is 0 Å². The molecule has 0 atom stereocenters. The van der Waals surface area contributed by atoms with Crippen LogP contribution in [0, 0.1) is 12.7 Å². The highest BCUT2D eigenvalue weighted by Crippen LogP contribution is 2.15. The number of halogens is 2. The third-order valence-corrected chi connectivity index (χ3v) is 6.48. The van der Waals surface area contributed by atoms with Crippen molar-refractivity contribution in [2.75, 3.05) is 25.4 Å². The summed E-state index contributed by atoms with van der Waals surface area (Å²) in [6.07, 6.45) is 0.733. The van der Waals surface area contributed by atoms with Gasteiger partial charge in [-0.15, -0.1) is 24.0 Å². The van der Waals surface area contributed by atoms with Crippen LogP contribution in [0.2, 0.25) is 0 Å². The van der Waals surface area contributed by atoms with Gasteiger partial charge in [-0.2, -0.15) is 0 Å². The SMILES string of the molecule is CCNC(=NCCS(=O)(=O)C(C)(C)C)NCCc1ccc(F)cc1C.I. The molecule has 0 heterocycles. The van der Waals surface area contributed by atoms with Gasteiger partial charge in [0.2, 0.25) is 0 Å². The van der Waals surface area contributed by atoms with Gasteiger partial charge < -0.3 is 10.6 Å². The van der Waals surface area contributed by atoms with Crippen LogP contribution in [-0.4, -0.2) is 44.5 Å². The number of benzene rings is 1. The lowest BCUT2D eigenvalue weighted by Crippen LogP contribution is -2.39. The number of aliphatic imine (C=N–C) groups is 1. The van der Waals surface area contributed by atoms with Crippen molar-refractivity contribution in [1.29, 1.82) is 0 Å². The van der Waals surface area contributed by atoms with Gasteiger partial charge in [0.25, 0.3) is 0 Å². The van der Waals surface area contributed by atoms with Gasteiger partial charge in [-0.3, -0.25) is 4.99 Å². The molecule has 0 aliphatic carbocycles. The highest BCUT2D eigenvalue weighted by molar-refractivity contribution is 14.0. The molecule has 0 aliphatic heterocycles. The number of hydrogen-bond acceptors (Lipinski definition) is 3. The quantitative estimate of drug-likeness (QED) is 0.344. The summed E-state index contributed by atoms with van der Waals surface area (Å²) in [5.41, 5.74) is 1.99. The second kappa shape index (κ2) is 11.1. The summed E-state index contributed by atoms with van der Waals surface area (Å²) in [4.78, 5) is 4.34. The topological polar surface area (TPSA) is 70.6 Å². The molecular formula is C18H31FIN3O2S. The summed E-state index contributed by atoms with van der Waals surface area (Å²) in [5, 5.41) is 6.29. The zero-order chi connectivity index (χ0) is 19.1. The molecule has 8 heteroatoms. The fourth-order valence-corrected chi connectivity index (χ4v) is 3.12. The van der Waals surface area contributed by atoms with E-state index in [1.54, 1.807) is 26.8 Å². The number of guanidine groups is 1. The van der Waals surface area contributed by atoms with Crippen LogP contribution in [0.1, 0.15) is 38.8 Å². The average molecular weight is 499 g/mol. The molecule has 1 aromatic rings. The average Bonchev–Trinajstić information content (AvgIpc) is 2.48. The third-order valence-electron chi connectivity index (χ3n) is 3.90. The van der Waals surface area contributed by atoms with Crippen LogP contribution in [0.15, 0.2) is 23.2 Å². The van der Waals surface area contributed by atoms with E-state index in [2.05, 4.69) is 15.6 Å². The molecule has 0 radical (unpaired) electrons. The maximum Gasteiger partial charge on any atom is 0.191 e. The van der Waals surface area contributed by atoms with E-state index in [1.165, 1.54) is 12.1 Å². The summed E-state index contributed by atoms with van der Waals surface area (Å²) in [7, 11) is -3.18. The summed E-state index contributed by atoms with van der Waals surface area (Å²) in [6.45, 7) is 10.5. The molecule has 0 unspecified atom stereocenters. The molecule has 0 aliphatic rings. The lowest BCUT2D eigenvalue weighted by atomic mass is 10.1. The molecule has 1 rings (SSSR count). The van der Waals surface area contributed by atoms with Crippen molar-refractivity contribution >= 4 is 39.8 Å². The normalized spacial score (nSPS) is 12.5. The first-order valence-electron chi connectivity index (χ1n) is 8.56.